The highest BCUT2D eigenvalue weighted by molar-refractivity contribution is 5.17. The Labute approximate surface area is 117 Å². The van der Waals surface area contributed by atoms with E-state index in [1.54, 1.807) is 0 Å². The first-order valence-corrected chi connectivity index (χ1v) is 8.13. The number of rotatable bonds is 5. The lowest BCUT2D eigenvalue weighted by atomic mass is 9.91. The van der Waals surface area contributed by atoms with Crippen LogP contribution >= 0.6 is 0 Å². The topological polar surface area (TPSA) is 39.1 Å². The third-order valence-electron chi connectivity index (χ3n) is 5.73. The van der Waals surface area contributed by atoms with Crippen LogP contribution in [0.1, 0.15) is 51.4 Å². The number of hydrogen-bond donors (Lipinski definition) is 1. The molecule has 2 unspecified atom stereocenters. The van der Waals surface area contributed by atoms with Gasteiger partial charge in [0.1, 0.15) is 5.54 Å². The zero-order chi connectivity index (χ0) is 13.3. The fourth-order valence-electron chi connectivity index (χ4n) is 4.42. The average molecular weight is 261 g/mol. The highest BCUT2D eigenvalue weighted by atomic mass is 15.2. The van der Waals surface area contributed by atoms with Crippen LogP contribution in [0.3, 0.4) is 0 Å². The third-order valence-corrected chi connectivity index (χ3v) is 5.73. The normalized spacial score (nSPS) is 32.3. The van der Waals surface area contributed by atoms with Crippen LogP contribution in [0, 0.1) is 23.2 Å². The molecule has 0 radical (unpaired) electrons. The van der Waals surface area contributed by atoms with Crippen LogP contribution in [0.2, 0.25) is 0 Å². The van der Waals surface area contributed by atoms with Gasteiger partial charge in [-0.2, -0.15) is 5.26 Å². The van der Waals surface area contributed by atoms with E-state index in [0.717, 1.165) is 18.5 Å². The smallest absolute Gasteiger partial charge is 0.122 e. The predicted octanol–water partition coefficient (Wildman–Crippen LogP) is 2.53. The van der Waals surface area contributed by atoms with Crippen molar-refractivity contribution in [2.24, 2.45) is 11.8 Å². The highest BCUT2D eigenvalue weighted by Gasteiger charge is 2.47. The fraction of sp³-hybridized carbons (Fsp3) is 0.938. The fourth-order valence-corrected chi connectivity index (χ4v) is 4.42. The van der Waals surface area contributed by atoms with Crippen LogP contribution in [0.15, 0.2) is 0 Å². The van der Waals surface area contributed by atoms with Gasteiger partial charge in [0.05, 0.1) is 6.07 Å². The van der Waals surface area contributed by atoms with Crippen molar-refractivity contribution in [2.75, 3.05) is 20.1 Å². The monoisotopic (exact) mass is 261 g/mol. The van der Waals surface area contributed by atoms with Gasteiger partial charge in [-0.25, -0.2) is 0 Å². The van der Waals surface area contributed by atoms with Crippen molar-refractivity contribution in [3.05, 3.63) is 0 Å². The summed E-state index contributed by atoms with van der Waals surface area (Å²) in [5.41, 5.74) is -0.277. The summed E-state index contributed by atoms with van der Waals surface area (Å²) in [6, 6.07) is 3.38. The Morgan fingerprint density at radius 3 is 2.47 bits per heavy atom. The molecule has 3 rings (SSSR count). The van der Waals surface area contributed by atoms with E-state index < -0.39 is 0 Å². The van der Waals surface area contributed by atoms with Crippen molar-refractivity contribution in [2.45, 2.75) is 62.9 Å². The lowest BCUT2D eigenvalue weighted by molar-refractivity contribution is 0.148. The molecule has 0 aromatic carbocycles. The molecule has 1 N–H and O–H groups in total. The molecule has 19 heavy (non-hydrogen) atoms. The van der Waals surface area contributed by atoms with Crippen LogP contribution < -0.4 is 5.32 Å². The molecule has 2 saturated carbocycles. The van der Waals surface area contributed by atoms with Gasteiger partial charge < -0.3 is 5.32 Å². The van der Waals surface area contributed by atoms with Crippen molar-refractivity contribution in [1.82, 2.24) is 10.2 Å². The molecule has 3 fully saturated rings. The summed E-state index contributed by atoms with van der Waals surface area (Å²) in [6.45, 7) is 2.16. The highest BCUT2D eigenvalue weighted by Crippen LogP contribution is 2.42. The van der Waals surface area contributed by atoms with E-state index in [9.17, 15) is 5.26 Å². The van der Waals surface area contributed by atoms with Gasteiger partial charge in [0.2, 0.25) is 0 Å². The Balaban J connectivity index is 1.68. The number of nitrogens with one attached hydrogen (secondary N) is 1. The first-order valence-electron chi connectivity index (χ1n) is 8.13. The van der Waals surface area contributed by atoms with E-state index in [2.05, 4.69) is 16.3 Å². The minimum atomic E-state index is -0.277. The quantitative estimate of drug-likeness (QED) is 0.826. The van der Waals surface area contributed by atoms with Gasteiger partial charge in [0.25, 0.3) is 0 Å². The molecule has 3 nitrogen and oxygen atoms in total. The maximum absolute atomic E-state index is 9.66. The number of nitrogens with zero attached hydrogens (tertiary/aromatic N) is 2. The molecule has 0 aromatic rings. The number of likely N-dealkylation sites (tertiary alicyclic amines) is 1. The molecule has 106 valence electrons. The summed E-state index contributed by atoms with van der Waals surface area (Å²) in [5, 5.41) is 13.0. The van der Waals surface area contributed by atoms with Gasteiger partial charge in [0.15, 0.2) is 0 Å². The summed E-state index contributed by atoms with van der Waals surface area (Å²) in [7, 11) is 1.97. The van der Waals surface area contributed by atoms with Crippen LogP contribution in [0.4, 0.5) is 0 Å². The van der Waals surface area contributed by atoms with E-state index in [0.29, 0.717) is 5.92 Å². The molecule has 1 heterocycles. The molecule has 1 aliphatic heterocycles. The molecule has 2 atom stereocenters. The maximum Gasteiger partial charge on any atom is 0.122 e. The van der Waals surface area contributed by atoms with Crippen LogP contribution in [-0.2, 0) is 0 Å². The maximum atomic E-state index is 9.66. The van der Waals surface area contributed by atoms with E-state index >= 15 is 0 Å². The van der Waals surface area contributed by atoms with E-state index in [-0.39, 0.29) is 5.54 Å². The van der Waals surface area contributed by atoms with Crippen LogP contribution in [-0.4, -0.2) is 36.6 Å². The standard InChI is InChI=1S/C16H27N3/c1-18-16(11-17,14-8-9-14)12-19-10-4-7-15(19)13-5-2-3-6-13/h13-15,18H,2-10,12H2,1H3. The molecule has 0 bridgehead atoms. The third kappa shape index (κ3) is 2.53. The van der Waals surface area contributed by atoms with Gasteiger partial charge in [-0.1, -0.05) is 12.8 Å². The molecule has 3 aliphatic rings. The van der Waals surface area contributed by atoms with E-state index in [1.165, 1.54) is 57.9 Å². The van der Waals surface area contributed by atoms with Crippen molar-refractivity contribution < 1.29 is 0 Å². The van der Waals surface area contributed by atoms with Crippen molar-refractivity contribution in [3.63, 3.8) is 0 Å². The summed E-state index contributed by atoms with van der Waals surface area (Å²) < 4.78 is 0. The average Bonchev–Trinajstić information content (AvgIpc) is 2.98. The molecular weight excluding hydrogens is 234 g/mol. The minimum absolute atomic E-state index is 0.277. The second kappa shape index (κ2) is 5.42. The molecule has 2 aliphatic carbocycles. The Morgan fingerprint density at radius 1 is 1.16 bits per heavy atom. The predicted molar refractivity (Wildman–Crippen MR) is 76.7 cm³/mol. The Hall–Kier alpha value is -0.590. The summed E-state index contributed by atoms with van der Waals surface area (Å²) in [5.74, 6) is 1.50. The SMILES string of the molecule is CNC(C#N)(CN1CCCC1C1CCCC1)C1CC1. The molecule has 3 heteroatoms. The van der Waals surface area contributed by atoms with Crippen LogP contribution in [0.5, 0.6) is 0 Å². The summed E-state index contributed by atoms with van der Waals surface area (Å²) >= 11 is 0. The summed E-state index contributed by atoms with van der Waals surface area (Å²) in [6.07, 6.45) is 10.8. The summed E-state index contributed by atoms with van der Waals surface area (Å²) in [4.78, 5) is 2.65. The van der Waals surface area contributed by atoms with Gasteiger partial charge >= 0.3 is 0 Å². The zero-order valence-electron chi connectivity index (χ0n) is 12.2. The van der Waals surface area contributed by atoms with E-state index in [1.807, 2.05) is 7.05 Å². The number of nitriles is 1. The van der Waals surface area contributed by atoms with Gasteiger partial charge in [0, 0.05) is 12.6 Å². The molecule has 0 spiro atoms. The first-order chi connectivity index (χ1) is 9.29. The Morgan fingerprint density at radius 2 is 1.89 bits per heavy atom. The Kier molecular flexibility index (Phi) is 3.82. The molecular formula is C16H27N3. The number of likely N-dealkylation sites (N-methyl/N-ethyl adjacent to an activating group) is 1. The van der Waals surface area contributed by atoms with Gasteiger partial charge in [-0.3, -0.25) is 4.90 Å². The lowest BCUT2D eigenvalue weighted by Gasteiger charge is -2.36. The van der Waals surface area contributed by atoms with Crippen molar-refractivity contribution in [3.8, 4) is 6.07 Å². The molecule has 0 aromatic heterocycles. The second-order valence-electron chi connectivity index (χ2n) is 6.83. The van der Waals surface area contributed by atoms with Crippen molar-refractivity contribution >= 4 is 0 Å². The van der Waals surface area contributed by atoms with Crippen molar-refractivity contribution in [1.29, 1.82) is 5.26 Å². The van der Waals surface area contributed by atoms with Gasteiger partial charge in [-0.15, -0.1) is 0 Å². The lowest BCUT2D eigenvalue weighted by Crippen LogP contribution is -2.54. The molecule has 1 saturated heterocycles. The van der Waals surface area contributed by atoms with E-state index in [4.69, 9.17) is 0 Å². The van der Waals surface area contributed by atoms with Gasteiger partial charge in [-0.05, 0) is 64.0 Å². The Bertz CT molecular complexity index is 351. The second-order valence-corrected chi connectivity index (χ2v) is 6.83. The molecule has 0 amide bonds. The minimum Gasteiger partial charge on any atom is -0.301 e. The van der Waals surface area contributed by atoms with Crippen LogP contribution in [0.25, 0.3) is 0 Å². The number of hydrogen-bond acceptors (Lipinski definition) is 3. The zero-order valence-corrected chi connectivity index (χ0v) is 12.2. The first kappa shape index (κ1) is 13.4. The largest absolute Gasteiger partial charge is 0.301 e.